The average Bonchev–Trinajstić information content (AvgIpc) is 3.32. The van der Waals surface area contributed by atoms with Crippen LogP contribution in [-0.2, 0) is 16.0 Å². The number of carbonyl (C=O) groups excluding carboxylic acids is 2. The summed E-state index contributed by atoms with van der Waals surface area (Å²) in [5.74, 6) is -0.619. The van der Waals surface area contributed by atoms with Gasteiger partial charge in [-0.25, -0.2) is 0 Å². The lowest BCUT2D eigenvalue weighted by atomic mass is 9.94. The second-order valence-corrected chi connectivity index (χ2v) is 9.32. The Morgan fingerprint density at radius 2 is 1.85 bits per heavy atom. The third-order valence-corrected chi connectivity index (χ3v) is 6.91. The molecule has 0 bridgehead atoms. The van der Waals surface area contributed by atoms with E-state index in [2.05, 4.69) is 18.7 Å². The first kappa shape index (κ1) is 24.3. The molecule has 6 nitrogen and oxygen atoms in total. The van der Waals surface area contributed by atoms with E-state index in [0.717, 1.165) is 49.4 Å². The summed E-state index contributed by atoms with van der Waals surface area (Å²) < 4.78 is 5.76. The van der Waals surface area contributed by atoms with Crippen LogP contribution >= 0.6 is 11.6 Å². The molecule has 1 saturated heterocycles. The molecule has 34 heavy (non-hydrogen) atoms. The number of aliphatic hydroxyl groups is 1. The number of ether oxygens (including phenoxy) is 1. The van der Waals surface area contributed by atoms with E-state index in [1.165, 1.54) is 0 Å². The van der Waals surface area contributed by atoms with Gasteiger partial charge in [-0.05, 0) is 74.4 Å². The molecule has 2 aromatic carbocycles. The summed E-state index contributed by atoms with van der Waals surface area (Å²) in [5, 5.41) is 11.9. The van der Waals surface area contributed by atoms with Crippen molar-refractivity contribution in [1.82, 2.24) is 9.80 Å². The van der Waals surface area contributed by atoms with E-state index < -0.39 is 17.7 Å². The Kier molecular flexibility index (Phi) is 7.29. The minimum Gasteiger partial charge on any atom is -0.507 e. The zero-order chi connectivity index (χ0) is 24.4. The van der Waals surface area contributed by atoms with Crippen LogP contribution in [0.5, 0.6) is 5.75 Å². The van der Waals surface area contributed by atoms with E-state index in [4.69, 9.17) is 16.3 Å². The Hall–Kier alpha value is -2.83. The molecule has 2 aliphatic rings. The number of nitrogens with zero attached hydrogens (tertiary/aromatic N) is 2. The number of amides is 1. The molecule has 2 heterocycles. The Morgan fingerprint density at radius 1 is 1.15 bits per heavy atom. The van der Waals surface area contributed by atoms with Crippen LogP contribution in [0.15, 0.2) is 48.0 Å². The van der Waals surface area contributed by atoms with Gasteiger partial charge in [0.2, 0.25) is 0 Å². The fourth-order valence-corrected chi connectivity index (χ4v) is 4.96. The van der Waals surface area contributed by atoms with Crippen molar-refractivity contribution >= 4 is 29.1 Å². The summed E-state index contributed by atoms with van der Waals surface area (Å²) in [6.45, 7) is 9.29. The number of halogens is 1. The smallest absolute Gasteiger partial charge is 0.295 e. The number of benzene rings is 2. The van der Waals surface area contributed by atoms with Gasteiger partial charge < -0.3 is 19.6 Å². The number of likely N-dealkylation sites (tertiary alicyclic amines) is 1. The zero-order valence-corrected chi connectivity index (χ0v) is 20.6. The predicted molar refractivity (Wildman–Crippen MR) is 133 cm³/mol. The molecular formula is C27H31ClN2O4. The van der Waals surface area contributed by atoms with Crippen LogP contribution in [0.25, 0.3) is 5.76 Å². The van der Waals surface area contributed by atoms with Gasteiger partial charge in [0.25, 0.3) is 11.7 Å². The van der Waals surface area contributed by atoms with Gasteiger partial charge in [0.15, 0.2) is 0 Å². The van der Waals surface area contributed by atoms with Crippen molar-refractivity contribution < 1.29 is 19.4 Å². The normalized spacial score (nSPS) is 21.3. The Bertz CT molecular complexity index is 1110. The largest absolute Gasteiger partial charge is 0.507 e. The molecule has 0 aromatic heterocycles. The molecule has 1 amide bonds. The van der Waals surface area contributed by atoms with E-state index in [0.29, 0.717) is 17.1 Å². The molecule has 0 spiro atoms. The lowest BCUT2D eigenvalue weighted by Gasteiger charge is -2.27. The third-order valence-electron chi connectivity index (χ3n) is 6.66. The van der Waals surface area contributed by atoms with Crippen LogP contribution in [0.4, 0.5) is 0 Å². The van der Waals surface area contributed by atoms with Gasteiger partial charge in [-0.2, -0.15) is 0 Å². The highest BCUT2D eigenvalue weighted by molar-refractivity contribution is 6.46. The number of rotatable bonds is 8. The van der Waals surface area contributed by atoms with Crippen molar-refractivity contribution in [2.75, 3.05) is 26.2 Å². The third kappa shape index (κ3) is 4.70. The Labute approximate surface area is 205 Å². The summed E-state index contributed by atoms with van der Waals surface area (Å²) >= 11 is 6.10. The fraction of sp³-hybridized carbons (Fsp3) is 0.407. The number of ketones is 1. The highest BCUT2D eigenvalue weighted by Crippen LogP contribution is 2.40. The van der Waals surface area contributed by atoms with Crippen molar-refractivity contribution in [3.63, 3.8) is 0 Å². The standard InChI is InChI=1S/C27H31ClN2O4/c1-4-29(5-2)13-6-14-30-24(18-7-10-21(28)11-8-18)23(26(32)27(30)33)25(31)19-9-12-22-20(16-19)15-17(3)34-22/h7-12,16-17,24,31H,4-6,13-15H2,1-3H3/t17-,24-/m0/s1. The number of aliphatic hydroxyl groups excluding tert-OH is 1. The molecule has 1 N–H and O–H groups in total. The molecule has 2 aromatic rings. The molecule has 180 valence electrons. The quantitative estimate of drug-likeness (QED) is 0.332. The number of fused-ring (bicyclic) bond motifs is 1. The molecule has 0 radical (unpaired) electrons. The van der Waals surface area contributed by atoms with Gasteiger partial charge in [-0.1, -0.05) is 37.6 Å². The number of hydrogen-bond acceptors (Lipinski definition) is 5. The van der Waals surface area contributed by atoms with E-state index in [1.54, 1.807) is 23.1 Å². The Morgan fingerprint density at radius 3 is 2.53 bits per heavy atom. The minimum absolute atomic E-state index is 0.0675. The summed E-state index contributed by atoms with van der Waals surface area (Å²) in [6.07, 6.45) is 1.53. The van der Waals surface area contributed by atoms with Crippen molar-refractivity contribution in [2.45, 2.75) is 45.8 Å². The number of Topliss-reactive ketones (excluding diaryl/α,β-unsaturated/α-hetero) is 1. The van der Waals surface area contributed by atoms with Gasteiger partial charge in [-0.15, -0.1) is 0 Å². The highest BCUT2D eigenvalue weighted by atomic mass is 35.5. The summed E-state index contributed by atoms with van der Waals surface area (Å²) in [4.78, 5) is 30.2. The van der Waals surface area contributed by atoms with E-state index >= 15 is 0 Å². The summed E-state index contributed by atoms with van der Waals surface area (Å²) in [6, 6.07) is 11.8. The fourth-order valence-electron chi connectivity index (χ4n) is 4.83. The van der Waals surface area contributed by atoms with Gasteiger partial charge in [0, 0.05) is 23.6 Å². The molecule has 1 fully saturated rings. The minimum atomic E-state index is -0.669. The van der Waals surface area contributed by atoms with Crippen molar-refractivity contribution in [3.05, 3.63) is 69.8 Å². The van der Waals surface area contributed by atoms with Crippen LogP contribution in [0, 0.1) is 0 Å². The molecule has 2 atom stereocenters. The van der Waals surface area contributed by atoms with E-state index in [9.17, 15) is 14.7 Å². The second kappa shape index (κ2) is 10.2. The van der Waals surface area contributed by atoms with E-state index in [-0.39, 0.29) is 17.4 Å². The summed E-state index contributed by atoms with van der Waals surface area (Å²) in [5.41, 5.74) is 2.35. The Balaban J connectivity index is 1.72. The maximum absolute atomic E-state index is 13.2. The van der Waals surface area contributed by atoms with E-state index in [1.807, 2.05) is 31.2 Å². The van der Waals surface area contributed by atoms with Crippen LogP contribution in [0.1, 0.15) is 49.9 Å². The second-order valence-electron chi connectivity index (χ2n) is 8.88. The molecule has 0 unspecified atom stereocenters. The maximum atomic E-state index is 13.2. The van der Waals surface area contributed by atoms with Crippen LogP contribution in [-0.4, -0.2) is 58.9 Å². The number of hydrogen-bond donors (Lipinski definition) is 1. The van der Waals surface area contributed by atoms with Crippen molar-refractivity contribution in [3.8, 4) is 5.75 Å². The first-order valence-electron chi connectivity index (χ1n) is 11.9. The van der Waals surface area contributed by atoms with Crippen molar-refractivity contribution in [2.24, 2.45) is 0 Å². The van der Waals surface area contributed by atoms with Crippen molar-refractivity contribution in [1.29, 1.82) is 0 Å². The van der Waals surface area contributed by atoms with Gasteiger partial charge >= 0.3 is 0 Å². The number of carbonyl (C=O) groups is 2. The zero-order valence-electron chi connectivity index (χ0n) is 19.9. The molecule has 2 aliphatic heterocycles. The molecule has 0 aliphatic carbocycles. The van der Waals surface area contributed by atoms with Gasteiger partial charge in [-0.3, -0.25) is 9.59 Å². The van der Waals surface area contributed by atoms with Crippen LogP contribution in [0.2, 0.25) is 5.02 Å². The average molecular weight is 483 g/mol. The van der Waals surface area contributed by atoms with Gasteiger partial charge in [0.1, 0.15) is 17.6 Å². The topological polar surface area (TPSA) is 70.1 Å². The predicted octanol–water partition coefficient (Wildman–Crippen LogP) is 4.82. The molecule has 0 saturated carbocycles. The lowest BCUT2D eigenvalue weighted by molar-refractivity contribution is -0.140. The maximum Gasteiger partial charge on any atom is 0.295 e. The van der Waals surface area contributed by atoms with Gasteiger partial charge in [0.05, 0.1) is 11.6 Å². The first-order valence-corrected chi connectivity index (χ1v) is 12.3. The summed E-state index contributed by atoms with van der Waals surface area (Å²) in [7, 11) is 0. The highest BCUT2D eigenvalue weighted by Gasteiger charge is 2.45. The molecule has 4 rings (SSSR count). The monoisotopic (exact) mass is 482 g/mol. The van der Waals surface area contributed by atoms with Crippen LogP contribution in [0.3, 0.4) is 0 Å². The SMILES string of the molecule is CCN(CC)CCCN1C(=O)C(=O)C(=C(O)c2ccc3c(c2)C[C@H](C)O3)[C@@H]1c1ccc(Cl)cc1. The van der Waals surface area contributed by atoms with Crippen LogP contribution < -0.4 is 4.74 Å². The molecule has 7 heteroatoms. The molecular weight excluding hydrogens is 452 g/mol. The lowest BCUT2D eigenvalue weighted by Crippen LogP contribution is -2.33. The first-order chi connectivity index (χ1) is 16.3.